The van der Waals surface area contributed by atoms with Crippen LogP contribution in [0.5, 0.6) is 0 Å². The first-order chi connectivity index (χ1) is 8.97. The molecule has 2 heterocycles. The molecule has 0 aliphatic rings. The molecule has 0 saturated heterocycles. The molecule has 3 N–H and O–H groups in total. The molecule has 2 aromatic heterocycles. The largest absolute Gasteiger partial charge is 0.383 e. The van der Waals surface area contributed by atoms with Gasteiger partial charge < -0.3 is 15.1 Å². The van der Waals surface area contributed by atoms with Crippen LogP contribution in [0.1, 0.15) is 25.4 Å². The zero-order valence-electron chi connectivity index (χ0n) is 11.3. The Hall–Kier alpha value is -2.07. The molecule has 0 saturated carbocycles. The molecule has 0 aliphatic carbocycles. The minimum Gasteiger partial charge on any atom is -0.383 e. The molecule has 0 aliphatic heterocycles. The van der Waals surface area contributed by atoms with Crippen LogP contribution < -0.4 is 0 Å². The summed E-state index contributed by atoms with van der Waals surface area (Å²) in [5.74, 6) is 0.588. The van der Waals surface area contributed by atoms with Crippen LogP contribution in [0.3, 0.4) is 0 Å². The Labute approximate surface area is 111 Å². The summed E-state index contributed by atoms with van der Waals surface area (Å²) in [6, 6.07) is 8.12. The molecule has 3 rings (SSSR count). The predicted molar refractivity (Wildman–Crippen MR) is 75.9 cm³/mol. The normalized spacial score (nSPS) is 12.2. The summed E-state index contributed by atoms with van der Waals surface area (Å²) < 4.78 is 0. The number of nitrogens with one attached hydrogen (secondary N) is 2. The van der Waals surface area contributed by atoms with Gasteiger partial charge in [-0.05, 0) is 26.8 Å². The maximum absolute atomic E-state index is 10.0. The molecule has 1 aromatic carbocycles. The first kappa shape index (κ1) is 12.0. The van der Waals surface area contributed by atoms with E-state index in [4.69, 9.17) is 0 Å². The number of fused-ring (bicyclic) bond motifs is 1. The van der Waals surface area contributed by atoms with Crippen LogP contribution >= 0.6 is 0 Å². The number of rotatable bonds is 2. The van der Waals surface area contributed by atoms with E-state index in [0.717, 1.165) is 27.9 Å². The first-order valence-corrected chi connectivity index (χ1v) is 6.33. The second kappa shape index (κ2) is 3.96. The number of nitrogens with zero attached hydrogens (tertiary/aromatic N) is 1. The summed E-state index contributed by atoms with van der Waals surface area (Å²) in [4.78, 5) is 11.0. The van der Waals surface area contributed by atoms with Crippen molar-refractivity contribution in [1.82, 2.24) is 15.0 Å². The van der Waals surface area contributed by atoms with Crippen molar-refractivity contribution < 1.29 is 5.11 Å². The van der Waals surface area contributed by atoms with Gasteiger partial charge >= 0.3 is 0 Å². The van der Waals surface area contributed by atoms with Crippen LogP contribution in [0.4, 0.5) is 0 Å². The number of H-pyrrole nitrogens is 2. The van der Waals surface area contributed by atoms with Crippen LogP contribution in [0, 0.1) is 6.92 Å². The monoisotopic (exact) mass is 255 g/mol. The van der Waals surface area contributed by atoms with Crippen molar-refractivity contribution in [3.05, 3.63) is 42.0 Å². The van der Waals surface area contributed by atoms with Gasteiger partial charge in [0.15, 0.2) is 0 Å². The number of hydrogen-bond donors (Lipinski definition) is 3. The number of benzene rings is 1. The van der Waals surface area contributed by atoms with E-state index < -0.39 is 5.60 Å². The van der Waals surface area contributed by atoms with Gasteiger partial charge in [-0.2, -0.15) is 0 Å². The lowest BCUT2D eigenvalue weighted by Crippen LogP contribution is -2.17. The second-order valence-electron chi connectivity index (χ2n) is 5.37. The zero-order chi connectivity index (χ0) is 13.6. The maximum atomic E-state index is 10.0. The van der Waals surface area contributed by atoms with Crippen LogP contribution in [0.2, 0.25) is 0 Å². The van der Waals surface area contributed by atoms with Gasteiger partial charge in [0.2, 0.25) is 0 Å². The van der Waals surface area contributed by atoms with Crippen molar-refractivity contribution in [3.63, 3.8) is 0 Å². The van der Waals surface area contributed by atoms with Crippen molar-refractivity contribution >= 4 is 10.9 Å². The van der Waals surface area contributed by atoms with Gasteiger partial charge in [0.25, 0.3) is 0 Å². The Morgan fingerprint density at radius 2 is 1.95 bits per heavy atom. The third-order valence-electron chi connectivity index (χ3n) is 3.31. The predicted octanol–water partition coefficient (Wildman–Crippen LogP) is 3.09. The smallest absolute Gasteiger partial charge is 0.138 e. The summed E-state index contributed by atoms with van der Waals surface area (Å²) in [5.41, 5.74) is 3.02. The van der Waals surface area contributed by atoms with Crippen molar-refractivity contribution in [1.29, 1.82) is 0 Å². The van der Waals surface area contributed by atoms with Gasteiger partial charge in [-0.3, -0.25) is 0 Å². The summed E-state index contributed by atoms with van der Waals surface area (Å²) in [7, 11) is 0. The fourth-order valence-corrected chi connectivity index (χ4v) is 2.28. The maximum Gasteiger partial charge on any atom is 0.138 e. The summed E-state index contributed by atoms with van der Waals surface area (Å²) in [6.07, 6.45) is 1.96. The van der Waals surface area contributed by atoms with Crippen molar-refractivity contribution in [3.8, 4) is 11.3 Å². The lowest BCUT2D eigenvalue weighted by molar-refractivity contribution is 0.0696. The van der Waals surface area contributed by atoms with Gasteiger partial charge in [0, 0.05) is 28.4 Å². The Morgan fingerprint density at radius 3 is 2.63 bits per heavy atom. The molecule has 19 heavy (non-hydrogen) atoms. The Bertz CT molecular complexity index is 731. The number of aliphatic hydroxyl groups is 1. The molecule has 3 aromatic rings. The number of aromatic amines is 2. The number of aryl methyl sites for hydroxylation is 1. The molecule has 0 unspecified atom stereocenters. The zero-order valence-corrected chi connectivity index (χ0v) is 11.3. The van der Waals surface area contributed by atoms with Gasteiger partial charge in [-0.15, -0.1) is 0 Å². The van der Waals surface area contributed by atoms with E-state index in [2.05, 4.69) is 21.0 Å². The molecular weight excluding hydrogens is 238 g/mol. The quantitative estimate of drug-likeness (QED) is 0.658. The Kier molecular flexibility index (Phi) is 2.50. The fraction of sp³-hybridized carbons (Fsp3) is 0.267. The van der Waals surface area contributed by atoms with Crippen LogP contribution in [0.15, 0.2) is 30.5 Å². The standard InChI is InChI=1S/C15H17N3O/c1-9-13(18-14(17-9)15(2,3)19)11-8-16-12-7-5-4-6-10(11)12/h4-8,16,19H,1-3H3,(H,17,18). The Morgan fingerprint density at radius 1 is 1.21 bits per heavy atom. The SMILES string of the molecule is Cc1[nH]c(C(C)(C)O)nc1-c1c[nH]c2ccccc12. The second-order valence-corrected chi connectivity index (χ2v) is 5.37. The Balaban J connectivity index is 2.20. The molecule has 0 bridgehead atoms. The third kappa shape index (κ3) is 1.94. The molecular formula is C15H17N3O. The van der Waals surface area contributed by atoms with E-state index in [-0.39, 0.29) is 0 Å². The minimum absolute atomic E-state index is 0.588. The highest BCUT2D eigenvalue weighted by atomic mass is 16.3. The first-order valence-electron chi connectivity index (χ1n) is 6.33. The fourth-order valence-electron chi connectivity index (χ4n) is 2.28. The van der Waals surface area contributed by atoms with Crippen molar-refractivity contribution in [2.24, 2.45) is 0 Å². The topological polar surface area (TPSA) is 64.7 Å². The van der Waals surface area contributed by atoms with Gasteiger partial charge in [-0.1, -0.05) is 18.2 Å². The lowest BCUT2D eigenvalue weighted by atomic mass is 10.1. The number of imidazole rings is 1. The molecule has 0 atom stereocenters. The van der Waals surface area contributed by atoms with E-state index in [1.807, 2.05) is 31.3 Å². The van der Waals surface area contributed by atoms with Crippen LogP contribution in [0.25, 0.3) is 22.2 Å². The van der Waals surface area contributed by atoms with E-state index in [0.29, 0.717) is 5.82 Å². The summed E-state index contributed by atoms with van der Waals surface area (Å²) >= 11 is 0. The summed E-state index contributed by atoms with van der Waals surface area (Å²) in [5, 5.41) is 11.2. The van der Waals surface area contributed by atoms with E-state index in [9.17, 15) is 5.11 Å². The van der Waals surface area contributed by atoms with Gasteiger partial charge in [-0.25, -0.2) is 4.98 Å². The molecule has 98 valence electrons. The number of hydrogen-bond acceptors (Lipinski definition) is 2. The average Bonchev–Trinajstić information content (AvgIpc) is 2.91. The van der Waals surface area contributed by atoms with Crippen LogP contribution in [-0.4, -0.2) is 20.1 Å². The molecule has 0 amide bonds. The minimum atomic E-state index is -0.963. The van der Waals surface area contributed by atoms with E-state index >= 15 is 0 Å². The highest BCUT2D eigenvalue weighted by Gasteiger charge is 2.22. The van der Waals surface area contributed by atoms with E-state index in [1.165, 1.54) is 0 Å². The lowest BCUT2D eigenvalue weighted by Gasteiger charge is -2.12. The summed E-state index contributed by atoms with van der Waals surface area (Å²) in [6.45, 7) is 5.42. The highest BCUT2D eigenvalue weighted by Crippen LogP contribution is 2.31. The van der Waals surface area contributed by atoms with Crippen molar-refractivity contribution in [2.45, 2.75) is 26.4 Å². The number of aromatic nitrogens is 3. The molecule has 4 nitrogen and oxygen atoms in total. The molecule has 4 heteroatoms. The van der Waals surface area contributed by atoms with Gasteiger partial charge in [0.05, 0.1) is 5.69 Å². The van der Waals surface area contributed by atoms with Crippen molar-refractivity contribution in [2.75, 3.05) is 0 Å². The number of para-hydroxylation sites is 1. The van der Waals surface area contributed by atoms with Crippen LogP contribution in [-0.2, 0) is 5.60 Å². The third-order valence-corrected chi connectivity index (χ3v) is 3.31. The molecule has 0 fully saturated rings. The highest BCUT2D eigenvalue weighted by molar-refractivity contribution is 5.95. The molecule has 0 spiro atoms. The molecule has 0 radical (unpaired) electrons. The van der Waals surface area contributed by atoms with Gasteiger partial charge in [0.1, 0.15) is 11.4 Å². The van der Waals surface area contributed by atoms with E-state index in [1.54, 1.807) is 13.8 Å². The average molecular weight is 255 g/mol.